The fraction of sp³-hybridized carbons (Fsp3) is 0.167. The molecule has 0 fully saturated rings. The first-order chi connectivity index (χ1) is 8.58. The summed E-state index contributed by atoms with van der Waals surface area (Å²) in [6, 6.07) is 6.16. The molecule has 1 aromatic carbocycles. The number of aromatic nitrogens is 2. The summed E-state index contributed by atoms with van der Waals surface area (Å²) in [7, 11) is 1.66. The van der Waals surface area contributed by atoms with E-state index in [1.54, 1.807) is 25.2 Å². The number of hydrogen-bond acceptors (Lipinski definition) is 3. The summed E-state index contributed by atoms with van der Waals surface area (Å²) in [6.07, 6.45) is 1.40. The van der Waals surface area contributed by atoms with Crippen LogP contribution >= 0.6 is 0 Å². The number of hydrogen-bond donors (Lipinski definition) is 2. The van der Waals surface area contributed by atoms with Crippen molar-refractivity contribution in [3.63, 3.8) is 0 Å². The molecule has 0 radical (unpaired) electrons. The number of anilines is 2. The summed E-state index contributed by atoms with van der Waals surface area (Å²) < 4.78 is 14.8. The Labute approximate surface area is 103 Å². The minimum absolute atomic E-state index is 0.0444. The van der Waals surface area contributed by atoms with Crippen molar-refractivity contribution >= 4 is 17.4 Å². The highest BCUT2D eigenvalue weighted by molar-refractivity contribution is 5.93. The zero-order chi connectivity index (χ0) is 13.1. The Bertz CT molecular complexity index is 560. The Morgan fingerprint density at radius 2 is 2.22 bits per heavy atom. The van der Waals surface area contributed by atoms with Crippen LogP contribution in [0, 0.1) is 5.82 Å². The highest BCUT2D eigenvalue weighted by Crippen LogP contribution is 2.16. The molecule has 0 aliphatic rings. The van der Waals surface area contributed by atoms with E-state index in [-0.39, 0.29) is 12.3 Å². The zero-order valence-corrected chi connectivity index (χ0v) is 9.85. The SMILES string of the molecule is Cn1ncc(N)c1NC(=O)Cc1ccccc1F. The van der Waals surface area contributed by atoms with E-state index in [9.17, 15) is 9.18 Å². The van der Waals surface area contributed by atoms with Crippen molar-refractivity contribution < 1.29 is 9.18 Å². The zero-order valence-electron chi connectivity index (χ0n) is 9.85. The van der Waals surface area contributed by atoms with Gasteiger partial charge in [-0.15, -0.1) is 0 Å². The van der Waals surface area contributed by atoms with E-state index >= 15 is 0 Å². The van der Waals surface area contributed by atoms with E-state index < -0.39 is 5.82 Å². The van der Waals surface area contributed by atoms with Crippen molar-refractivity contribution in [1.82, 2.24) is 9.78 Å². The van der Waals surface area contributed by atoms with E-state index in [2.05, 4.69) is 10.4 Å². The summed E-state index contributed by atoms with van der Waals surface area (Å²) in [5.74, 6) is -0.322. The molecule has 0 saturated heterocycles. The molecule has 18 heavy (non-hydrogen) atoms. The van der Waals surface area contributed by atoms with Gasteiger partial charge in [0.1, 0.15) is 5.82 Å². The van der Waals surface area contributed by atoms with Gasteiger partial charge in [-0.05, 0) is 11.6 Å². The van der Waals surface area contributed by atoms with Crippen LogP contribution in [0.4, 0.5) is 15.9 Å². The van der Waals surface area contributed by atoms with Gasteiger partial charge in [-0.2, -0.15) is 5.10 Å². The quantitative estimate of drug-likeness (QED) is 0.860. The topological polar surface area (TPSA) is 72.9 Å². The van der Waals surface area contributed by atoms with Gasteiger partial charge in [0.05, 0.1) is 18.3 Å². The molecular formula is C12H13FN4O. The third-order valence-electron chi connectivity index (χ3n) is 2.53. The van der Waals surface area contributed by atoms with E-state index in [0.29, 0.717) is 17.1 Å². The highest BCUT2D eigenvalue weighted by atomic mass is 19.1. The average Bonchev–Trinajstić information content (AvgIpc) is 2.64. The Morgan fingerprint density at radius 1 is 1.50 bits per heavy atom. The molecule has 5 nitrogen and oxygen atoms in total. The van der Waals surface area contributed by atoms with Crippen LogP contribution in [0.3, 0.4) is 0 Å². The highest BCUT2D eigenvalue weighted by Gasteiger charge is 2.11. The molecule has 0 aliphatic heterocycles. The molecule has 2 aromatic rings. The molecule has 0 bridgehead atoms. The molecule has 0 saturated carbocycles. The number of aryl methyl sites for hydroxylation is 1. The second kappa shape index (κ2) is 4.87. The van der Waals surface area contributed by atoms with Gasteiger partial charge >= 0.3 is 0 Å². The van der Waals surface area contributed by atoms with Gasteiger partial charge in [0.25, 0.3) is 0 Å². The third kappa shape index (κ3) is 2.48. The maximum Gasteiger partial charge on any atom is 0.230 e. The standard InChI is InChI=1S/C12H13FN4O/c1-17-12(10(14)7-15-17)16-11(18)6-8-4-2-3-5-9(8)13/h2-5,7H,6,14H2,1H3,(H,16,18). The van der Waals surface area contributed by atoms with E-state index in [1.807, 2.05) is 0 Å². The van der Waals surface area contributed by atoms with Crippen LogP contribution in [0.5, 0.6) is 0 Å². The molecule has 94 valence electrons. The Kier molecular flexibility index (Phi) is 3.27. The average molecular weight is 248 g/mol. The Hall–Kier alpha value is -2.37. The minimum atomic E-state index is -0.398. The summed E-state index contributed by atoms with van der Waals surface area (Å²) in [5, 5.41) is 6.50. The normalized spacial score (nSPS) is 10.3. The lowest BCUT2D eigenvalue weighted by molar-refractivity contribution is -0.115. The third-order valence-corrected chi connectivity index (χ3v) is 2.53. The molecular weight excluding hydrogens is 235 g/mol. The smallest absolute Gasteiger partial charge is 0.230 e. The lowest BCUT2D eigenvalue weighted by Crippen LogP contribution is -2.18. The van der Waals surface area contributed by atoms with Gasteiger partial charge in [-0.3, -0.25) is 9.48 Å². The van der Waals surface area contributed by atoms with Crippen LogP contribution in [0.25, 0.3) is 0 Å². The molecule has 3 N–H and O–H groups in total. The number of carbonyl (C=O) groups is 1. The van der Waals surface area contributed by atoms with Crippen molar-refractivity contribution in [1.29, 1.82) is 0 Å². The lowest BCUT2D eigenvalue weighted by Gasteiger charge is -2.07. The van der Waals surface area contributed by atoms with Gasteiger partial charge in [-0.1, -0.05) is 18.2 Å². The van der Waals surface area contributed by atoms with E-state index in [4.69, 9.17) is 5.73 Å². The number of rotatable bonds is 3. The summed E-state index contributed by atoms with van der Waals surface area (Å²) in [4.78, 5) is 11.8. The maximum atomic E-state index is 13.4. The first-order valence-corrected chi connectivity index (χ1v) is 5.38. The van der Waals surface area contributed by atoms with Crippen LogP contribution in [0.15, 0.2) is 30.5 Å². The monoisotopic (exact) mass is 248 g/mol. The molecule has 0 unspecified atom stereocenters. The van der Waals surface area contributed by atoms with E-state index in [1.165, 1.54) is 16.9 Å². The van der Waals surface area contributed by atoms with Crippen molar-refractivity contribution in [2.24, 2.45) is 7.05 Å². The number of nitrogens with zero attached hydrogens (tertiary/aromatic N) is 2. The van der Waals surface area contributed by atoms with E-state index in [0.717, 1.165) is 0 Å². The largest absolute Gasteiger partial charge is 0.394 e. The van der Waals surface area contributed by atoms with Gasteiger partial charge in [-0.25, -0.2) is 4.39 Å². The molecule has 0 spiro atoms. The lowest BCUT2D eigenvalue weighted by atomic mass is 10.1. The second-order valence-electron chi connectivity index (χ2n) is 3.89. The number of nitrogen functional groups attached to an aromatic ring is 1. The Morgan fingerprint density at radius 3 is 2.83 bits per heavy atom. The van der Waals surface area contributed by atoms with Gasteiger partial charge in [0.15, 0.2) is 5.82 Å². The number of halogens is 1. The molecule has 0 atom stereocenters. The number of carbonyl (C=O) groups excluding carboxylic acids is 1. The molecule has 1 amide bonds. The Balaban J connectivity index is 2.08. The van der Waals surface area contributed by atoms with Crippen LogP contribution in [-0.4, -0.2) is 15.7 Å². The number of nitrogens with two attached hydrogens (primary N) is 1. The fourth-order valence-corrected chi connectivity index (χ4v) is 1.60. The second-order valence-corrected chi connectivity index (χ2v) is 3.89. The van der Waals surface area contributed by atoms with Crippen LogP contribution < -0.4 is 11.1 Å². The number of amides is 1. The predicted octanol–water partition coefficient (Wildman–Crippen LogP) is 1.32. The van der Waals surface area contributed by atoms with Crippen molar-refractivity contribution in [2.75, 3.05) is 11.1 Å². The van der Waals surface area contributed by atoms with Crippen LogP contribution in [-0.2, 0) is 18.3 Å². The predicted molar refractivity (Wildman–Crippen MR) is 66.4 cm³/mol. The van der Waals surface area contributed by atoms with Crippen LogP contribution in [0.2, 0.25) is 0 Å². The van der Waals surface area contributed by atoms with Crippen molar-refractivity contribution in [2.45, 2.75) is 6.42 Å². The summed E-state index contributed by atoms with van der Waals surface area (Å²) >= 11 is 0. The first-order valence-electron chi connectivity index (χ1n) is 5.38. The molecule has 2 rings (SSSR count). The van der Waals surface area contributed by atoms with Crippen LogP contribution in [0.1, 0.15) is 5.56 Å². The molecule has 1 aromatic heterocycles. The summed E-state index contributed by atoms with van der Waals surface area (Å²) in [5.41, 5.74) is 6.36. The van der Waals surface area contributed by atoms with Gasteiger partial charge < -0.3 is 11.1 Å². The molecule has 1 heterocycles. The fourth-order valence-electron chi connectivity index (χ4n) is 1.60. The number of nitrogens with one attached hydrogen (secondary N) is 1. The number of benzene rings is 1. The first kappa shape index (κ1) is 12.1. The molecule has 6 heteroatoms. The van der Waals surface area contributed by atoms with Crippen molar-refractivity contribution in [3.8, 4) is 0 Å². The maximum absolute atomic E-state index is 13.4. The summed E-state index contributed by atoms with van der Waals surface area (Å²) in [6.45, 7) is 0. The minimum Gasteiger partial charge on any atom is -0.394 e. The van der Waals surface area contributed by atoms with Crippen molar-refractivity contribution in [3.05, 3.63) is 41.8 Å². The van der Waals surface area contributed by atoms with Gasteiger partial charge in [0, 0.05) is 7.05 Å². The van der Waals surface area contributed by atoms with Gasteiger partial charge in [0.2, 0.25) is 5.91 Å². The molecule has 0 aliphatic carbocycles.